The van der Waals surface area contributed by atoms with Crippen LogP contribution in [-0.2, 0) is 16.0 Å². The summed E-state index contributed by atoms with van der Waals surface area (Å²) >= 11 is 5.88. The molecule has 0 bridgehead atoms. The number of carbonyl (C=O) groups is 2. The van der Waals surface area contributed by atoms with Crippen molar-refractivity contribution in [2.75, 3.05) is 10.2 Å². The predicted octanol–water partition coefficient (Wildman–Crippen LogP) is 5.44. The molecule has 150 valence electrons. The highest BCUT2D eigenvalue weighted by Crippen LogP contribution is 2.35. The first-order valence-corrected chi connectivity index (χ1v) is 9.87. The van der Waals surface area contributed by atoms with Crippen molar-refractivity contribution in [3.63, 3.8) is 0 Å². The van der Waals surface area contributed by atoms with Gasteiger partial charge in [-0.3, -0.25) is 9.59 Å². The van der Waals surface area contributed by atoms with Crippen molar-refractivity contribution in [3.8, 4) is 0 Å². The molecule has 0 spiro atoms. The lowest BCUT2D eigenvalue weighted by Gasteiger charge is -2.16. The van der Waals surface area contributed by atoms with Crippen LogP contribution < -0.4 is 10.2 Å². The topological polar surface area (TPSA) is 49.4 Å². The summed E-state index contributed by atoms with van der Waals surface area (Å²) in [6, 6.07) is 20.4. The van der Waals surface area contributed by atoms with Gasteiger partial charge in [-0.2, -0.15) is 0 Å². The molecule has 1 aliphatic heterocycles. The molecule has 0 radical (unpaired) electrons. The molecule has 0 unspecified atom stereocenters. The lowest BCUT2D eigenvalue weighted by molar-refractivity contribution is -0.120. The Hall–Kier alpha value is -3.44. The number of anilines is 2. The molecule has 3 aromatic rings. The van der Waals surface area contributed by atoms with Crippen LogP contribution in [0.3, 0.4) is 0 Å². The van der Waals surface area contributed by atoms with Gasteiger partial charge in [0.2, 0.25) is 0 Å². The van der Waals surface area contributed by atoms with E-state index >= 15 is 0 Å². The minimum absolute atomic E-state index is 0.161. The second kappa shape index (κ2) is 8.13. The molecule has 4 rings (SSSR count). The normalized spacial score (nSPS) is 13.9. The monoisotopic (exact) mass is 420 g/mol. The van der Waals surface area contributed by atoms with E-state index in [2.05, 4.69) is 12.2 Å². The lowest BCUT2D eigenvalue weighted by Crippen LogP contribution is -2.32. The average molecular weight is 421 g/mol. The van der Waals surface area contributed by atoms with Crippen LogP contribution in [0.5, 0.6) is 0 Å². The van der Waals surface area contributed by atoms with Crippen molar-refractivity contribution in [1.29, 1.82) is 0 Å². The van der Waals surface area contributed by atoms with Gasteiger partial charge in [0, 0.05) is 5.69 Å². The number of benzene rings is 3. The van der Waals surface area contributed by atoms with Gasteiger partial charge in [-0.1, -0.05) is 61.0 Å². The number of aryl methyl sites for hydroxylation is 1. The number of imide groups is 1. The van der Waals surface area contributed by atoms with Crippen molar-refractivity contribution in [2.24, 2.45) is 0 Å². The van der Waals surface area contributed by atoms with E-state index in [1.165, 1.54) is 12.1 Å². The van der Waals surface area contributed by atoms with Gasteiger partial charge >= 0.3 is 0 Å². The third kappa shape index (κ3) is 3.60. The molecule has 0 saturated carbocycles. The second-order valence-electron chi connectivity index (χ2n) is 6.84. The van der Waals surface area contributed by atoms with E-state index in [1.54, 1.807) is 24.3 Å². The Kier molecular flexibility index (Phi) is 5.38. The molecule has 30 heavy (non-hydrogen) atoms. The Morgan fingerprint density at radius 1 is 0.933 bits per heavy atom. The first kappa shape index (κ1) is 19.9. The summed E-state index contributed by atoms with van der Waals surface area (Å²) < 4.78 is 13.6. The van der Waals surface area contributed by atoms with Gasteiger partial charge in [-0.05, 0) is 47.9 Å². The van der Waals surface area contributed by atoms with E-state index in [0.29, 0.717) is 11.3 Å². The number of rotatable bonds is 5. The second-order valence-corrected chi connectivity index (χ2v) is 7.24. The molecule has 0 fully saturated rings. The van der Waals surface area contributed by atoms with Crippen molar-refractivity contribution in [2.45, 2.75) is 13.3 Å². The number of carbonyl (C=O) groups excluding carboxylic acids is 2. The third-order valence-corrected chi connectivity index (χ3v) is 5.23. The summed E-state index contributed by atoms with van der Waals surface area (Å²) in [6.07, 6.45) is 0.898. The van der Waals surface area contributed by atoms with E-state index in [1.807, 2.05) is 30.3 Å². The Balaban J connectivity index is 1.79. The van der Waals surface area contributed by atoms with E-state index < -0.39 is 17.6 Å². The summed E-state index contributed by atoms with van der Waals surface area (Å²) in [6.45, 7) is 2.06. The first-order valence-electron chi connectivity index (χ1n) is 9.49. The Morgan fingerprint density at radius 3 is 2.27 bits per heavy atom. The molecule has 0 saturated heterocycles. The standard InChI is InChI=1S/C24H18ClFN2O2/c1-2-15-8-10-17(11-9-15)27-22-21(16-6-4-3-5-7-16)23(29)28(24(22)30)18-12-13-20(26)19(25)14-18/h3-14,27H,2H2,1H3. The zero-order valence-electron chi connectivity index (χ0n) is 16.2. The van der Waals surface area contributed by atoms with Crippen molar-refractivity contribution in [3.05, 3.63) is 100 Å². The van der Waals surface area contributed by atoms with Crippen LogP contribution >= 0.6 is 11.6 Å². The van der Waals surface area contributed by atoms with Crippen LogP contribution in [0.25, 0.3) is 5.57 Å². The summed E-state index contributed by atoms with van der Waals surface area (Å²) in [4.78, 5) is 27.6. The largest absolute Gasteiger partial charge is 0.350 e. The van der Waals surface area contributed by atoms with Crippen LogP contribution in [0.1, 0.15) is 18.1 Å². The van der Waals surface area contributed by atoms with Crippen LogP contribution in [0.15, 0.2) is 78.5 Å². The number of nitrogens with zero attached hydrogens (tertiary/aromatic N) is 1. The van der Waals surface area contributed by atoms with Gasteiger partial charge in [0.1, 0.15) is 11.5 Å². The quantitative estimate of drug-likeness (QED) is 0.559. The van der Waals surface area contributed by atoms with Gasteiger partial charge in [-0.25, -0.2) is 9.29 Å². The lowest BCUT2D eigenvalue weighted by atomic mass is 10.0. The van der Waals surface area contributed by atoms with Crippen LogP contribution in [0.2, 0.25) is 5.02 Å². The maximum atomic E-state index is 13.6. The van der Waals surface area contributed by atoms with Gasteiger partial charge in [0.15, 0.2) is 0 Å². The molecule has 0 aliphatic carbocycles. The molecular weight excluding hydrogens is 403 g/mol. The van der Waals surface area contributed by atoms with Crippen LogP contribution in [-0.4, -0.2) is 11.8 Å². The molecule has 3 aromatic carbocycles. The molecule has 2 amide bonds. The summed E-state index contributed by atoms with van der Waals surface area (Å²) in [5.74, 6) is -1.65. The van der Waals surface area contributed by atoms with Gasteiger partial charge in [-0.15, -0.1) is 0 Å². The van der Waals surface area contributed by atoms with Gasteiger partial charge in [0.25, 0.3) is 11.8 Å². The number of halogens is 2. The molecule has 0 atom stereocenters. The molecular formula is C24H18ClFN2O2. The molecule has 4 nitrogen and oxygen atoms in total. The average Bonchev–Trinajstić information content (AvgIpc) is 3.01. The highest BCUT2D eigenvalue weighted by molar-refractivity contribution is 6.46. The van der Waals surface area contributed by atoms with Crippen molar-refractivity contribution < 1.29 is 14.0 Å². The third-order valence-electron chi connectivity index (χ3n) is 4.94. The van der Waals surface area contributed by atoms with E-state index in [4.69, 9.17) is 11.6 Å². The minimum atomic E-state index is -0.620. The van der Waals surface area contributed by atoms with E-state index in [9.17, 15) is 14.0 Å². The molecule has 1 aliphatic rings. The van der Waals surface area contributed by atoms with Crippen molar-refractivity contribution >= 4 is 40.4 Å². The Labute approximate surface area is 178 Å². The van der Waals surface area contributed by atoms with E-state index in [0.717, 1.165) is 23.0 Å². The summed E-state index contributed by atoms with van der Waals surface area (Å²) in [5.41, 5.74) is 3.09. The summed E-state index contributed by atoms with van der Waals surface area (Å²) in [5, 5.41) is 2.95. The number of hydrogen-bond acceptors (Lipinski definition) is 3. The predicted molar refractivity (Wildman–Crippen MR) is 117 cm³/mol. The fourth-order valence-electron chi connectivity index (χ4n) is 3.35. The molecule has 6 heteroatoms. The van der Waals surface area contributed by atoms with Gasteiger partial charge in [0.05, 0.1) is 16.3 Å². The molecule has 0 aromatic heterocycles. The van der Waals surface area contributed by atoms with E-state index in [-0.39, 0.29) is 22.0 Å². The SMILES string of the molecule is CCc1ccc(NC2=C(c3ccccc3)C(=O)N(c3ccc(F)c(Cl)c3)C2=O)cc1. The molecule has 1 N–H and O–H groups in total. The fraction of sp³-hybridized carbons (Fsp3) is 0.0833. The Bertz CT molecular complexity index is 1160. The highest BCUT2D eigenvalue weighted by Gasteiger charge is 2.40. The summed E-state index contributed by atoms with van der Waals surface area (Å²) in [7, 11) is 0. The maximum absolute atomic E-state index is 13.6. The van der Waals surface area contributed by atoms with Crippen LogP contribution in [0, 0.1) is 5.82 Å². The minimum Gasteiger partial charge on any atom is -0.350 e. The smallest absolute Gasteiger partial charge is 0.282 e. The number of amides is 2. The van der Waals surface area contributed by atoms with Gasteiger partial charge < -0.3 is 5.32 Å². The number of hydrogen-bond donors (Lipinski definition) is 1. The number of nitrogens with one attached hydrogen (secondary N) is 1. The zero-order chi connectivity index (χ0) is 21.3. The molecule has 1 heterocycles. The van der Waals surface area contributed by atoms with Crippen molar-refractivity contribution in [1.82, 2.24) is 0 Å². The zero-order valence-corrected chi connectivity index (χ0v) is 16.9. The maximum Gasteiger partial charge on any atom is 0.282 e. The Morgan fingerprint density at radius 2 is 1.63 bits per heavy atom. The fourth-order valence-corrected chi connectivity index (χ4v) is 3.52. The van der Waals surface area contributed by atoms with Crippen LogP contribution in [0.4, 0.5) is 15.8 Å². The highest BCUT2D eigenvalue weighted by atomic mass is 35.5. The first-order chi connectivity index (χ1) is 14.5.